The molecule has 0 fully saturated rings. The van der Waals surface area contributed by atoms with Crippen molar-refractivity contribution in [1.29, 1.82) is 0 Å². The molecule has 8 nitrogen and oxygen atoms in total. The summed E-state index contributed by atoms with van der Waals surface area (Å²) in [7, 11) is 0. The number of guanidine groups is 1. The van der Waals surface area contributed by atoms with Gasteiger partial charge in [-0.15, -0.1) is 12.4 Å². The molecule has 10 heteroatoms. The maximum absolute atomic E-state index is 11.7. The fourth-order valence-electron chi connectivity index (χ4n) is 1.44. The zero-order valence-electron chi connectivity index (χ0n) is 11.3. The van der Waals surface area contributed by atoms with E-state index in [0.717, 1.165) is 0 Å². The average molecular weight is 348 g/mol. The molecule has 0 saturated heterocycles. The third-order valence-corrected chi connectivity index (χ3v) is 2.51. The van der Waals surface area contributed by atoms with Gasteiger partial charge in [0.2, 0.25) is 11.1 Å². The summed E-state index contributed by atoms with van der Waals surface area (Å²) in [5.41, 5.74) is 10.5. The molecule has 0 aliphatic carbocycles. The second-order valence-corrected chi connectivity index (χ2v) is 4.28. The smallest absolute Gasteiger partial charge is 0.344 e. The zero-order chi connectivity index (χ0) is 15.8. The summed E-state index contributed by atoms with van der Waals surface area (Å²) in [5, 5.41) is 3.81. The van der Waals surface area contributed by atoms with Crippen molar-refractivity contribution >= 4 is 47.1 Å². The molecule has 0 aliphatic heterocycles. The van der Waals surface area contributed by atoms with Crippen LogP contribution >= 0.6 is 24.0 Å². The Labute approximate surface area is 137 Å². The van der Waals surface area contributed by atoms with Gasteiger partial charge in [0.1, 0.15) is 6.04 Å². The predicted molar refractivity (Wildman–Crippen MR) is 84.6 cm³/mol. The van der Waals surface area contributed by atoms with Crippen LogP contribution in [0.2, 0.25) is 0 Å². The number of urea groups is 1. The van der Waals surface area contributed by atoms with Crippen molar-refractivity contribution in [3.63, 3.8) is 0 Å². The monoisotopic (exact) mass is 347 g/mol. The molecule has 0 spiro atoms. The minimum absolute atomic E-state index is 0. The van der Waals surface area contributed by atoms with Gasteiger partial charge in [-0.05, 0) is 17.2 Å². The minimum atomic E-state index is -1.000. The Kier molecular flexibility index (Phi) is 8.58. The highest BCUT2D eigenvalue weighted by Crippen LogP contribution is 2.15. The van der Waals surface area contributed by atoms with Gasteiger partial charge in [-0.25, -0.2) is 4.79 Å². The van der Waals surface area contributed by atoms with Crippen molar-refractivity contribution in [2.75, 3.05) is 6.54 Å². The summed E-state index contributed by atoms with van der Waals surface area (Å²) in [5.74, 6) is -1.04. The number of carbonyl (C=O) groups is 3. The van der Waals surface area contributed by atoms with Gasteiger partial charge in [0.15, 0.2) is 5.96 Å². The van der Waals surface area contributed by atoms with Crippen LogP contribution in [0.5, 0.6) is 0 Å². The summed E-state index contributed by atoms with van der Waals surface area (Å²) in [6.07, 6.45) is 0. The van der Waals surface area contributed by atoms with Gasteiger partial charge >= 0.3 is 6.03 Å². The molecule has 1 aromatic carbocycles. The van der Waals surface area contributed by atoms with Crippen LogP contribution in [0, 0.1) is 0 Å². The van der Waals surface area contributed by atoms with E-state index in [4.69, 9.17) is 23.1 Å². The molecule has 0 saturated carbocycles. The van der Waals surface area contributed by atoms with Crippen LogP contribution < -0.4 is 22.1 Å². The van der Waals surface area contributed by atoms with Crippen molar-refractivity contribution in [3.8, 4) is 0 Å². The summed E-state index contributed by atoms with van der Waals surface area (Å²) >= 11 is 5.46. The standard InChI is InChI=1S/C12H14ClN5O3.ClH/c13-10(20)9(7-4-2-1-3-5-7)17-8(19)6-16-12(21)18-11(14)15;/h1-5,9H,6H2,(H,17,19)(H5,14,15,16,18,21);1H/t9-;/m1./s1. The average Bonchev–Trinajstić information content (AvgIpc) is 2.42. The topological polar surface area (TPSA) is 140 Å². The summed E-state index contributed by atoms with van der Waals surface area (Å²) in [4.78, 5) is 37.3. The minimum Gasteiger partial charge on any atom is -0.370 e. The molecule has 0 bridgehead atoms. The maximum atomic E-state index is 11.7. The lowest BCUT2D eigenvalue weighted by molar-refractivity contribution is -0.124. The molecular weight excluding hydrogens is 333 g/mol. The van der Waals surface area contributed by atoms with E-state index in [1.54, 1.807) is 30.3 Å². The molecule has 0 aliphatic rings. The van der Waals surface area contributed by atoms with E-state index in [1.807, 2.05) is 0 Å². The SMILES string of the molecule is Cl.NC(N)=NC(=O)NCC(=O)N[C@@H](C(=O)Cl)c1ccccc1. The predicted octanol–water partition coefficient (Wildman–Crippen LogP) is 0.0141. The molecular formula is C12H15Cl2N5O3. The number of amides is 3. The molecule has 1 atom stereocenters. The molecule has 0 radical (unpaired) electrons. The van der Waals surface area contributed by atoms with E-state index in [2.05, 4.69) is 15.6 Å². The number of rotatable bonds is 5. The number of hydrogen-bond donors (Lipinski definition) is 4. The molecule has 3 amide bonds. The summed E-state index contributed by atoms with van der Waals surface area (Å²) in [6.45, 7) is -0.400. The zero-order valence-corrected chi connectivity index (χ0v) is 12.9. The van der Waals surface area contributed by atoms with Crippen LogP contribution in [-0.2, 0) is 9.59 Å². The third-order valence-electron chi connectivity index (χ3n) is 2.30. The number of aliphatic imine (C=N–C) groups is 1. The van der Waals surface area contributed by atoms with E-state index in [-0.39, 0.29) is 12.4 Å². The first kappa shape index (κ1) is 19.7. The van der Waals surface area contributed by atoms with Gasteiger partial charge in [-0.1, -0.05) is 30.3 Å². The van der Waals surface area contributed by atoms with Gasteiger partial charge in [-0.3, -0.25) is 9.59 Å². The summed E-state index contributed by atoms with van der Waals surface area (Å²) in [6, 6.07) is 6.59. The van der Waals surface area contributed by atoms with E-state index >= 15 is 0 Å². The summed E-state index contributed by atoms with van der Waals surface area (Å²) < 4.78 is 0. The fraction of sp³-hybridized carbons (Fsp3) is 0.167. The Balaban J connectivity index is 0.00000441. The number of benzene rings is 1. The van der Waals surface area contributed by atoms with Gasteiger partial charge in [0, 0.05) is 0 Å². The van der Waals surface area contributed by atoms with Crippen LogP contribution in [0.3, 0.4) is 0 Å². The quantitative estimate of drug-likeness (QED) is 0.337. The van der Waals surface area contributed by atoms with E-state index < -0.39 is 35.7 Å². The van der Waals surface area contributed by atoms with Crippen molar-refractivity contribution in [2.24, 2.45) is 16.5 Å². The van der Waals surface area contributed by atoms with Crippen LogP contribution in [-0.4, -0.2) is 29.7 Å². The lowest BCUT2D eigenvalue weighted by Crippen LogP contribution is -2.40. The maximum Gasteiger partial charge on any atom is 0.344 e. The molecule has 0 aromatic heterocycles. The lowest BCUT2D eigenvalue weighted by atomic mass is 10.1. The fourth-order valence-corrected chi connectivity index (χ4v) is 1.62. The van der Waals surface area contributed by atoms with Crippen molar-refractivity contribution in [1.82, 2.24) is 10.6 Å². The number of carbonyl (C=O) groups excluding carboxylic acids is 3. The molecule has 1 rings (SSSR count). The first-order chi connectivity index (χ1) is 9.90. The number of hydrogen-bond acceptors (Lipinski definition) is 3. The Morgan fingerprint density at radius 2 is 1.77 bits per heavy atom. The Morgan fingerprint density at radius 3 is 2.27 bits per heavy atom. The van der Waals surface area contributed by atoms with Crippen LogP contribution in [0.1, 0.15) is 11.6 Å². The highest BCUT2D eigenvalue weighted by atomic mass is 35.5. The Morgan fingerprint density at radius 1 is 1.18 bits per heavy atom. The van der Waals surface area contributed by atoms with Gasteiger partial charge in [-0.2, -0.15) is 4.99 Å². The molecule has 0 unspecified atom stereocenters. The van der Waals surface area contributed by atoms with Crippen molar-refractivity contribution in [3.05, 3.63) is 35.9 Å². The molecule has 22 heavy (non-hydrogen) atoms. The highest BCUT2D eigenvalue weighted by Gasteiger charge is 2.20. The highest BCUT2D eigenvalue weighted by molar-refractivity contribution is 6.64. The largest absolute Gasteiger partial charge is 0.370 e. The second kappa shape index (κ2) is 9.59. The lowest BCUT2D eigenvalue weighted by Gasteiger charge is -2.15. The first-order valence-electron chi connectivity index (χ1n) is 5.81. The normalized spacial score (nSPS) is 10.6. The third kappa shape index (κ3) is 6.91. The second-order valence-electron chi connectivity index (χ2n) is 3.91. The van der Waals surface area contributed by atoms with Gasteiger partial charge < -0.3 is 22.1 Å². The number of nitrogens with two attached hydrogens (primary N) is 2. The Hall–Kier alpha value is -2.32. The number of nitrogens with one attached hydrogen (secondary N) is 2. The number of halogens is 2. The van der Waals surface area contributed by atoms with Crippen molar-refractivity contribution < 1.29 is 14.4 Å². The molecule has 120 valence electrons. The van der Waals surface area contributed by atoms with Crippen LogP contribution in [0.4, 0.5) is 4.79 Å². The molecule has 1 aromatic rings. The number of nitrogens with zero attached hydrogens (tertiary/aromatic N) is 1. The van der Waals surface area contributed by atoms with Gasteiger partial charge in [0.05, 0.1) is 6.54 Å². The Bertz CT molecular complexity index is 561. The van der Waals surface area contributed by atoms with E-state index in [1.165, 1.54) is 0 Å². The first-order valence-corrected chi connectivity index (χ1v) is 6.19. The molecule has 6 N–H and O–H groups in total. The van der Waals surface area contributed by atoms with Crippen LogP contribution in [0.15, 0.2) is 35.3 Å². The van der Waals surface area contributed by atoms with Crippen LogP contribution in [0.25, 0.3) is 0 Å². The van der Waals surface area contributed by atoms with E-state index in [0.29, 0.717) is 5.56 Å². The van der Waals surface area contributed by atoms with Gasteiger partial charge in [0.25, 0.3) is 0 Å². The van der Waals surface area contributed by atoms with E-state index in [9.17, 15) is 14.4 Å². The van der Waals surface area contributed by atoms with Crippen molar-refractivity contribution in [2.45, 2.75) is 6.04 Å². The molecule has 0 heterocycles.